The number of aryl methyl sites for hydroxylation is 1. The van der Waals surface area contributed by atoms with Gasteiger partial charge < -0.3 is 5.32 Å². The molecule has 23 heavy (non-hydrogen) atoms. The summed E-state index contributed by atoms with van der Waals surface area (Å²) in [4.78, 5) is 21.7. The molecule has 0 radical (unpaired) electrons. The topological polar surface area (TPSA) is 54.9 Å². The Labute approximate surface area is 139 Å². The Hall–Kier alpha value is -2.53. The quantitative estimate of drug-likeness (QED) is 0.789. The second-order valence-corrected chi connectivity index (χ2v) is 6.27. The van der Waals surface area contributed by atoms with Gasteiger partial charge >= 0.3 is 0 Å². The first-order chi connectivity index (χ1) is 11.1. The van der Waals surface area contributed by atoms with Crippen LogP contribution in [0.4, 0.5) is 0 Å². The van der Waals surface area contributed by atoms with Gasteiger partial charge in [-0.3, -0.25) is 9.78 Å². The van der Waals surface area contributed by atoms with Gasteiger partial charge in [-0.05, 0) is 31.5 Å². The highest BCUT2D eigenvalue weighted by molar-refractivity contribution is 7.17. The lowest BCUT2D eigenvalue weighted by atomic mass is 10.1. The number of carbonyl (C=O) groups excluding carboxylic acids is 1. The molecule has 3 aromatic rings. The van der Waals surface area contributed by atoms with Gasteiger partial charge in [-0.2, -0.15) is 0 Å². The Morgan fingerprint density at radius 1 is 1.13 bits per heavy atom. The Morgan fingerprint density at radius 3 is 2.52 bits per heavy atom. The highest BCUT2D eigenvalue weighted by Gasteiger charge is 2.18. The molecule has 3 rings (SSSR count). The number of hydrogen-bond acceptors (Lipinski definition) is 4. The summed E-state index contributed by atoms with van der Waals surface area (Å²) < 4.78 is 0. The number of nitrogens with zero attached hydrogens (tertiary/aromatic N) is 2. The third-order valence-electron chi connectivity index (χ3n) is 3.58. The molecule has 0 spiro atoms. The molecule has 1 atom stereocenters. The molecule has 1 amide bonds. The Bertz CT molecular complexity index is 800. The fourth-order valence-corrected chi connectivity index (χ4v) is 3.28. The van der Waals surface area contributed by atoms with Crippen LogP contribution in [0.25, 0.3) is 10.6 Å². The van der Waals surface area contributed by atoms with E-state index in [1.807, 2.05) is 56.3 Å². The normalized spacial score (nSPS) is 11.9. The summed E-state index contributed by atoms with van der Waals surface area (Å²) in [5.74, 6) is -0.0912. The van der Waals surface area contributed by atoms with Gasteiger partial charge in [0.2, 0.25) is 0 Å². The van der Waals surface area contributed by atoms with Crippen molar-refractivity contribution in [3.8, 4) is 10.6 Å². The van der Waals surface area contributed by atoms with E-state index in [0.29, 0.717) is 4.88 Å². The van der Waals surface area contributed by atoms with Gasteiger partial charge in [0, 0.05) is 18.0 Å². The van der Waals surface area contributed by atoms with Crippen LogP contribution in [0.3, 0.4) is 0 Å². The molecule has 116 valence electrons. The average Bonchev–Trinajstić information content (AvgIpc) is 2.98. The summed E-state index contributed by atoms with van der Waals surface area (Å²) in [5, 5.41) is 3.89. The van der Waals surface area contributed by atoms with Crippen LogP contribution in [0.15, 0.2) is 54.9 Å². The first-order valence-electron chi connectivity index (χ1n) is 7.39. The Morgan fingerprint density at radius 2 is 1.83 bits per heavy atom. The molecule has 2 aromatic heterocycles. The SMILES string of the molecule is Cc1nc(-c2ccccc2)sc1C(=O)NC(C)c1ccncc1. The van der Waals surface area contributed by atoms with Crippen LogP contribution < -0.4 is 5.32 Å². The number of hydrogen-bond donors (Lipinski definition) is 1. The Balaban J connectivity index is 1.79. The fraction of sp³-hybridized carbons (Fsp3) is 0.167. The second-order valence-electron chi connectivity index (χ2n) is 5.28. The molecule has 1 aromatic carbocycles. The summed E-state index contributed by atoms with van der Waals surface area (Å²) in [7, 11) is 0. The number of thiazole rings is 1. The summed E-state index contributed by atoms with van der Waals surface area (Å²) in [5.41, 5.74) is 2.81. The minimum atomic E-state index is -0.0912. The number of carbonyl (C=O) groups is 1. The van der Waals surface area contributed by atoms with Crippen LogP contribution in [-0.4, -0.2) is 15.9 Å². The van der Waals surface area contributed by atoms with E-state index in [-0.39, 0.29) is 11.9 Å². The molecule has 0 aliphatic rings. The summed E-state index contributed by atoms with van der Waals surface area (Å²) in [6, 6.07) is 13.6. The minimum absolute atomic E-state index is 0.0767. The van der Waals surface area contributed by atoms with Gasteiger partial charge in [-0.25, -0.2) is 4.98 Å². The molecule has 4 nitrogen and oxygen atoms in total. The zero-order valence-electron chi connectivity index (χ0n) is 13.0. The standard InChI is InChI=1S/C18H17N3OS/c1-12(14-8-10-19-11-9-14)20-17(22)16-13(2)21-18(23-16)15-6-4-3-5-7-15/h3-12H,1-2H3,(H,20,22). The van der Waals surface area contributed by atoms with Crippen LogP contribution in [0.5, 0.6) is 0 Å². The first-order valence-corrected chi connectivity index (χ1v) is 8.20. The van der Waals surface area contributed by atoms with Crippen molar-refractivity contribution < 1.29 is 4.79 Å². The molecule has 5 heteroatoms. The number of amides is 1. The smallest absolute Gasteiger partial charge is 0.263 e. The van der Waals surface area contributed by atoms with Crippen LogP contribution in [0.1, 0.15) is 33.9 Å². The monoisotopic (exact) mass is 323 g/mol. The van der Waals surface area contributed by atoms with Gasteiger partial charge in [0.15, 0.2) is 0 Å². The predicted octanol–water partition coefficient (Wildman–Crippen LogP) is 4.00. The maximum Gasteiger partial charge on any atom is 0.263 e. The van der Waals surface area contributed by atoms with E-state index in [1.54, 1.807) is 12.4 Å². The average molecular weight is 323 g/mol. The Kier molecular flexibility index (Phi) is 4.48. The van der Waals surface area contributed by atoms with E-state index in [1.165, 1.54) is 11.3 Å². The third-order valence-corrected chi connectivity index (χ3v) is 4.78. The highest BCUT2D eigenvalue weighted by atomic mass is 32.1. The van der Waals surface area contributed by atoms with Crippen molar-refractivity contribution in [2.45, 2.75) is 19.9 Å². The zero-order chi connectivity index (χ0) is 16.2. The van der Waals surface area contributed by atoms with Crippen molar-refractivity contribution in [1.82, 2.24) is 15.3 Å². The molecule has 2 heterocycles. The van der Waals surface area contributed by atoms with E-state index in [0.717, 1.165) is 21.8 Å². The van der Waals surface area contributed by atoms with Crippen molar-refractivity contribution >= 4 is 17.2 Å². The van der Waals surface area contributed by atoms with Gasteiger partial charge in [0.1, 0.15) is 9.88 Å². The van der Waals surface area contributed by atoms with E-state index in [9.17, 15) is 4.79 Å². The van der Waals surface area contributed by atoms with E-state index >= 15 is 0 Å². The first kappa shape index (κ1) is 15.4. The molecule has 0 aliphatic heterocycles. The van der Waals surface area contributed by atoms with Gasteiger partial charge in [-0.15, -0.1) is 11.3 Å². The molecule has 1 unspecified atom stereocenters. The maximum absolute atomic E-state index is 12.5. The predicted molar refractivity (Wildman–Crippen MR) is 92.4 cm³/mol. The molecule has 0 saturated heterocycles. The van der Waals surface area contributed by atoms with Crippen molar-refractivity contribution in [2.24, 2.45) is 0 Å². The van der Waals surface area contributed by atoms with Crippen molar-refractivity contribution in [2.75, 3.05) is 0 Å². The highest BCUT2D eigenvalue weighted by Crippen LogP contribution is 2.28. The van der Waals surface area contributed by atoms with Crippen molar-refractivity contribution in [3.63, 3.8) is 0 Å². The lowest BCUT2D eigenvalue weighted by Crippen LogP contribution is -2.26. The molecule has 0 aliphatic carbocycles. The minimum Gasteiger partial charge on any atom is -0.345 e. The second kappa shape index (κ2) is 6.71. The van der Waals surface area contributed by atoms with Crippen LogP contribution in [0, 0.1) is 6.92 Å². The maximum atomic E-state index is 12.5. The molecule has 0 fully saturated rings. The van der Waals surface area contributed by atoms with Gasteiger partial charge in [-0.1, -0.05) is 30.3 Å². The molecular formula is C18H17N3OS. The number of rotatable bonds is 4. The fourth-order valence-electron chi connectivity index (χ4n) is 2.31. The van der Waals surface area contributed by atoms with Crippen LogP contribution in [0.2, 0.25) is 0 Å². The van der Waals surface area contributed by atoms with Crippen LogP contribution in [-0.2, 0) is 0 Å². The molecule has 0 bridgehead atoms. The molecular weight excluding hydrogens is 306 g/mol. The largest absolute Gasteiger partial charge is 0.345 e. The van der Waals surface area contributed by atoms with E-state index in [2.05, 4.69) is 15.3 Å². The number of benzene rings is 1. The summed E-state index contributed by atoms with van der Waals surface area (Å²) in [6.45, 7) is 3.83. The van der Waals surface area contributed by atoms with Crippen molar-refractivity contribution in [1.29, 1.82) is 0 Å². The number of pyridine rings is 1. The zero-order valence-corrected chi connectivity index (χ0v) is 13.8. The van der Waals surface area contributed by atoms with Gasteiger partial charge in [0.25, 0.3) is 5.91 Å². The van der Waals surface area contributed by atoms with E-state index in [4.69, 9.17) is 0 Å². The summed E-state index contributed by atoms with van der Waals surface area (Å²) in [6.07, 6.45) is 3.45. The van der Waals surface area contributed by atoms with Gasteiger partial charge in [0.05, 0.1) is 11.7 Å². The van der Waals surface area contributed by atoms with Crippen LogP contribution >= 0.6 is 11.3 Å². The lowest BCUT2D eigenvalue weighted by molar-refractivity contribution is 0.0943. The third kappa shape index (κ3) is 3.46. The lowest BCUT2D eigenvalue weighted by Gasteiger charge is -2.13. The molecule has 1 N–H and O–H groups in total. The number of aromatic nitrogens is 2. The number of nitrogens with one attached hydrogen (secondary N) is 1. The molecule has 0 saturated carbocycles. The van der Waals surface area contributed by atoms with E-state index < -0.39 is 0 Å². The van der Waals surface area contributed by atoms with Crippen molar-refractivity contribution in [3.05, 3.63) is 71.0 Å². The summed E-state index contributed by atoms with van der Waals surface area (Å²) >= 11 is 1.42.